The summed E-state index contributed by atoms with van der Waals surface area (Å²) in [4.78, 5) is 19.6. The number of benzene rings is 1. The number of H-pyrrole nitrogens is 1. The minimum Gasteiger partial charge on any atom is -0.497 e. The number of aryl methyl sites for hydroxylation is 1. The fraction of sp³-hybridized carbons (Fsp3) is 0.440. The first kappa shape index (κ1) is 23.5. The molecule has 2 rings (SSSR count). The Morgan fingerprint density at radius 3 is 2.70 bits per heavy atom. The molecule has 5 nitrogen and oxygen atoms in total. The second-order valence-electron chi connectivity index (χ2n) is 7.57. The molecule has 162 valence electrons. The van der Waals surface area contributed by atoms with Gasteiger partial charge in [-0.05, 0) is 55.9 Å². The lowest BCUT2D eigenvalue weighted by atomic mass is 9.99. The standard InChI is InChI=1S/C25H35N3O2/c1-4-5-6-10-21(22-14-16-23(30-3)17-15-22)11-8-13-25(29)28-20(2)9-7-12-24-26-18-19-27-24/h8,11,13-20H,4-7,9-10,12H2,1-3H3,(H,26,27)(H,28,29)/b13-8+,21-11+/t20-/m1/s1. The topological polar surface area (TPSA) is 67.0 Å². The Balaban J connectivity index is 1.87. The van der Waals surface area contributed by atoms with Crippen LogP contribution in [0.2, 0.25) is 0 Å². The van der Waals surface area contributed by atoms with E-state index in [2.05, 4.69) is 40.4 Å². The van der Waals surface area contributed by atoms with Crippen LogP contribution >= 0.6 is 0 Å². The minimum atomic E-state index is -0.0561. The average molecular weight is 410 g/mol. The maximum atomic E-state index is 12.2. The van der Waals surface area contributed by atoms with Gasteiger partial charge in [-0.2, -0.15) is 0 Å². The van der Waals surface area contributed by atoms with Crippen molar-refractivity contribution in [1.29, 1.82) is 0 Å². The van der Waals surface area contributed by atoms with Crippen molar-refractivity contribution in [2.45, 2.75) is 64.8 Å². The Hall–Kier alpha value is -2.82. The van der Waals surface area contributed by atoms with Crippen molar-refractivity contribution in [3.05, 3.63) is 66.3 Å². The zero-order chi connectivity index (χ0) is 21.6. The van der Waals surface area contributed by atoms with Crippen molar-refractivity contribution >= 4 is 11.5 Å². The predicted molar refractivity (Wildman–Crippen MR) is 123 cm³/mol. The van der Waals surface area contributed by atoms with Crippen LogP contribution < -0.4 is 10.1 Å². The number of carbonyl (C=O) groups excluding carboxylic acids is 1. The van der Waals surface area contributed by atoms with Crippen molar-refractivity contribution in [3.8, 4) is 5.75 Å². The van der Waals surface area contributed by atoms with Crippen molar-refractivity contribution < 1.29 is 9.53 Å². The number of nitrogens with one attached hydrogen (secondary N) is 2. The van der Waals surface area contributed by atoms with Gasteiger partial charge in [-0.25, -0.2) is 4.98 Å². The molecule has 0 spiro atoms. The number of imidazole rings is 1. The van der Waals surface area contributed by atoms with Crippen LogP contribution in [-0.4, -0.2) is 29.0 Å². The van der Waals surface area contributed by atoms with Crippen LogP contribution in [0.5, 0.6) is 5.75 Å². The summed E-state index contributed by atoms with van der Waals surface area (Å²) in [6.45, 7) is 4.24. The molecule has 1 aromatic carbocycles. The summed E-state index contributed by atoms with van der Waals surface area (Å²) in [5.41, 5.74) is 2.41. The fourth-order valence-corrected chi connectivity index (χ4v) is 3.32. The molecular weight excluding hydrogens is 374 g/mol. The number of hydrogen-bond donors (Lipinski definition) is 2. The molecule has 0 aliphatic carbocycles. The Labute approximate surface area is 180 Å². The summed E-state index contributed by atoms with van der Waals surface area (Å²) in [6, 6.07) is 8.23. The van der Waals surface area contributed by atoms with Crippen LogP contribution in [-0.2, 0) is 11.2 Å². The molecule has 5 heteroatoms. The summed E-state index contributed by atoms with van der Waals surface area (Å²) in [5, 5.41) is 3.04. The van der Waals surface area contributed by atoms with Crippen molar-refractivity contribution in [2.24, 2.45) is 0 Å². The predicted octanol–water partition coefficient (Wildman–Crippen LogP) is 5.47. The van der Waals surface area contributed by atoms with E-state index in [0.29, 0.717) is 0 Å². The van der Waals surface area contributed by atoms with Crippen LogP contribution in [0.1, 0.15) is 63.8 Å². The largest absolute Gasteiger partial charge is 0.497 e. The monoisotopic (exact) mass is 409 g/mol. The summed E-state index contributed by atoms with van der Waals surface area (Å²) in [5.74, 6) is 1.79. The molecule has 0 aliphatic rings. The summed E-state index contributed by atoms with van der Waals surface area (Å²) in [7, 11) is 1.67. The zero-order valence-corrected chi connectivity index (χ0v) is 18.5. The highest BCUT2D eigenvalue weighted by molar-refractivity contribution is 5.88. The van der Waals surface area contributed by atoms with E-state index in [0.717, 1.165) is 43.7 Å². The van der Waals surface area contributed by atoms with Gasteiger partial charge in [-0.15, -0.1) is 0 Å². The molecule has 30 heavy (non-hydrogen) atoms. The Kier molecular flexibility index (Phi) is 10.5. The Morgan fingerprint density at radius 2 is 2.03 bits per heavy atom. The van der Waals surface area contributed by atoms with E-state index < -0.39 is 0 Å². The minimum absolute atomic E-state index is 0.0561. The van der Waals surface area contributed by atoms with Gasteiger partial charge in [0.05, 0.1) is 7.11 Å². The van der Waals surface area contributed by atoms with E-state index in [-0.39, 0.29) is 11.9 Å². The van der Waals surface area contributed by atoms with Gasteiger partial charge in [0.25, 0.3) is 0 Å². The number of hydrogen-bond acceptors (Lipinski definition) is 3. The van der Waals surface area contributed by atoms with E-state index in [1.54, 1.807) is 19.4 Å². The molecule has 0 aliphatic heterocycles. The molecule has 1 amide bonds. The molecule has 0 saturated heterocycles. The number of rotatable bonds is 13. The first-order chi connectivity index (χ1) is 14.6. The highest BCUT2D eigenvalue weighted by atomic mass is 16.5. The van der Waals surface area contributed by atoms with Gasteiger partial charge >= 0.3 is 0 Å². The smallest absolute Gasteiger partial charge is 0.244 e. The Bertz CT molecular complexity index is 792. The number of methoxy groups -OCH3 is 1. The normalized spacial score (nSPS) is 12.8. The number of aromatic nitrogens is 2. The number of allylic oxidation sites excluding steroid dienone is 3. The van der Waals surface area contributed by atoms with Crippen LogP contribution in [0, 0.1) is 0 Å². The number of amides is 1. The Morgan fingerprint density at radius 1 is 1.23 bits per heavy atom. The number of aromatic amines is 1. The third-order valence-corrected chi connectivity index (χ3v) is 5.05. The lowest BCUT2D eigenvalue weighted by Crippen LogP contribution is -2.31. The van der Waals surface area contributed by atoms with Gasteiger partial charge in [0.15, 0.2) is 0 Å². The summed E-state index contributed by atoms with van der Waals surface area (Å²) >= 11 is 0. The van der Waals surface area contributed by atoms with Gasteiger partial charge in [0, 0.05) is 30.9 Å². The summed E-state index contributed by atoms with van der Waals surface area (Å²) < 4.78 is 5.25. The van der Waals surface area contributed by atoms with E-state index in [1.165, 1.54) is 24.0 Å². The molecule has 0 unspecified atom stereocenters. The number of ether oxygens (including phenoxy) is 1. The maximum absolute atomic E-state index is 12.2. The van der Waals surface area contributed by atoms with Crippen molar-refractivity contribution in [1.82, 2.24) is 15.3 Å². The molecule has 1 heterocycles. The molecule has 0 fully saturated rings. The van der Waals surface area contributed by atoms with E-state index in [4.69, 9.17) is 4.74 Å². The van der Waals surface area contributed by atoms with E-state index in [1.807, 2.05) is 31.3 Å². The second kappa shape index (κ2) is 13.4. The lowest BCUT2D eigenvalue weighted by molar-refractivity contribution is -0.117. The second-order valence-corrected chi connectivity index (χ2v) is 7.57. The third-order valence-electron chi connectivity index (χ3n) is 5.05. The molecule has 0 radical (unpaired) electrons. The number of carbonyl (C=O) groups is 1. The first-order valence-electron chi connectivity index (χ1n) is 10.9. The van der Waals surface area contributed by atoms with Crippen LogP contribution in [0.3, 0.4) is 0 Å². The molecular formula is C25H35N3O2. The number of unbranched alkanes of at least 4 members (excludes halogenated alkanes) is 2. The molecule has 2 N–H and O–H groups in total. The molecule has 1 aromatic heterocycles. The van der Waals surface area contributed by atoms with E-state index in [9.17, 15) is 4.79 Å². The van der Waals surface area contributed by atoms with Crippen molar-refractivity contribution in [3.63, 3.8) is 0 Å². The quantitative estimate of drug-likeness (QED) is 0.262. The van der Waals surface area contributed by atoms with Gasteiger partial charge in [0.2, 0.25) is 5.91 Å². The first-order valence-corrected chi connectivity index (χ1v) is 10.9. The van der Waals surface area contributed by atoms with Gasteiger partial charge < -0.3 is 15.0 Å². The molecule has 0 bridgehead atoms. The van der Waals surface area contributed by atoms with Crippen molar-refractivity contribution in [2.75, 3.05) is 7.11 Å². The van der Waals surface area contributed by atoms with E-state index >= 15 is 0 Å². The lowest BCUT2D eigenvalue weighted by Gasteiger charge is -2.11. The molecule has 0 saturated carbocycles. The summed E-state index contributed by atoms with van der Waals surface area (Å²) in [6.07, 6.45) is 16.5. The van der Waals surface area contributed by atoms with Gasteiger partial charge in [0.1, 0.15) is 11.6 Å². The number of nitrogens with zero attached hydrogens (tertiary/aromatic N) is 1. The highest BCUT2D eigenvalue weighted by Crippen LogP contribution is 2.23. The molecule has 1 atom stereocenters. The third kappa shape index (κ3) is 8.68. The van der Waals surface area contributed by atoms with Crippen LogP contribution in [0.4, 0.5) is 0 Å². The van der Waals surface area contributed by atoms with Crippen LogP contribution in [0.25, 0.3) is 5.57 Å². The zero-order valence-electron chi connectivity index (χ0n) is 18.5. The highest BCUT2D eigenvalue weighted by Gasteiger charge is 2.06. The van der Waals surface area contributed by atoms with Gasteiger partial charge in [-0.3, -0.25) is 4.79 Å². The SMILES string of the molecule is CCCCC/C(=C\C=C\C(=O)N[C@H](C)CCCc1ncc[nH]1)c1ccc(OC)cc1. The van der Waals surface area contributed by atoms with Crippen LogP contribution in [0.15, 0.2) is 54.9 Å². The average Bonchev–Trinajstić information content (AvgIpc) is 3.26. The van der Waals surface area contributed by atoms with Gasteiger partial charge in [-0.1, -0.05) is 44.1 Å². The fourth-order valence-electron chi connectivity index (χ4n) is 3.32. The molecule has 2 aromatic rings. The maximum Gasteiger partial charge on any atom is 0.244 e.